The van der Waals surface area contributed by atoms with Crippen LogP contribution in [-0.2, 0) is 14.3 Å². The van der Waals surface area contributed by atoms with E-state index < -0.39 is 17.9 Å². The van der Waals surface area contributed by atoms with Crippen molar-refractivity contribution in [1.82, 2.24) is 0 Å². The van der Waals surface area contributed by atoms with Crippen molar-refractivity contribution in [1.29, 1.82) is 0 Å². The molecule has 21 heavy (non-hydrogen) atoms. The predicted molar refractivity (Wildman–Crippen MR) is 77.5 cm³/mol. The second-order valence-corrected chi connectivity index (χ2v) is 4.60. The van der Waals surface area contributed by atoms with Crippen LogP contribution in [0.1, 0.15) is 18.4 Å². The van der Waals surface area contributed by atoms with Crippen molar-refractivity contribution in [2.24, 2.45) is 0 Å². The number of rotatable bonds is 5. The number of carbonyl (C=O) groups excluding carboxylic acids is 1. The molecule has 110 valence electrons. The summed E-state index contributed by atoms with van der Waals surface area (Å²) in [4.78, 5) is 22.6. The van der Waals surface area contributed by atoms with Crippen LogP contribution in [0.2, 0.25) is 0 Å². The molecule has 2 rings (SSSR count). The van der Waals surface area contributed by atoms with Gasteiger partial charge in [-0.15, -0.1) is 0 Å². The summed E-state index contributed by atoms with van der Waals surface area (Å²) in [6.07, 6.45) is 0. The van der Waals surface area contributed by atoms with Crippen LogP contribution in [0.15, 0.2) is 36.4 Å². The summed E-state index contributed by atoms with van der Waals surface area (Å²) in [6, 6.07) is 11.0. The van der Waals surface area contributed by atoms with Gasteiger partial charge in [-0.25, -0.2) is 0 Å². The molecule has 0 aliphatic carbocycles. The Balaban J connectivity index is 2.59. The number of ether oxygens (including phenoxy) is 2. The minimum absolute atomic E-state index is 0.227. The molecule has 0 aromatic heterocycles. The molecule has 0 saturated carbocycles. The predicted octanol–water partition coefficient (Wildman–Crippen LogP) is 2.58. The van der Waals surface area contributed by atoms with Crippen LogP contribution in [-0.4, -0.2) is 30.8 Å². The number of fused-ring (bicyclic) bond motifs is 1. The zero-order valence-electron chi connectivity index (χ0n) is 11.8. The fourth-order valence-corrected chi connectivity index (χ4v) is 2.29. The lowest BCUT2D eigenvalue weighted by Crippen LogP contribution is -2.20. The Kier molecular flexibility index (Phi) is 4.42. The first-order chi connectivity index (χ1) is 10.0. The van der Waals surface area contributed by atoms with Crippen molar-refractivity contribution in [3.63, 3.8) is 0 Å². The van der Waals surface area contributed by atoms with Gasteiger partial charge in [0.2, 0.25) is 0 Å². The summed E-state index contributed by atoms with van der Waals surface area (Å²) in [6.45, 7) is 1.02. The average Bonchev–Trinajstić information content (AvgIpc) is 2.46. The molecule has 0 fully saturated rings. The largest absolute Gasteiger partial charge is 0.496 e. The first-order valence-electron chi connectivity index (χ1n) is 6.46. The van der Waals surface area contributed by atoms with E-state index in [-0.39, 0.29) is 6.61 Å². The number of esters is 1. The van der Waals surface area contributed by atoms with Crippen LogP contribution in [0, 0.1) is 0 Å². The van der Waals surface area contributed by atoms with Gasteiger partial charge in [-0.2, -0.15) is 0 Å². The maximum Gasteiger partial charge on any atom is 0.314 e. The SMILES string of the molecule is COc1ccc2ccccc2c1C(COC(C)=O)C(=O)O. The Morgan fingerprint density at radius 1 is 1.19 bits per heavy atom. The Labute approximate surface area is 122 Å². The van der Waals surface area contributed by atoms with Crippen molar-refractivity contribution >= 4 is 22.7 Å². The lowest BCUT2D eigenvalue weighted by molar-refractivity contribution is -0.146. The van der Waals surface area contributed by atoms with Gasteiger partial charge in [0.1, 0.15) is 18.3 Å². The zero-order valence-corrected chi connectivity index (χ0v) is 11.8. The quantitative estimate of drug-likeness (QED) is 0.856. The Morgan fingerprint density at radius 3 is 2.52 bits per heavy atom. The van der Waals surface area contributed by atoms with Gasteiger partial charge >= 0.3 is 11.9 Å². The number of benzene rings is 2. The van der Waals surface area contributed by atoms with E-state index in [1.54, 1.807) is 6.07 Å². The second kappa shape index (κ2) is 6.26. The van der Waals surface area contributed by atoms with Crippen molar-refractivity contribution in [2.75, 3.05) is 13.7 Å². The van der Waals surface area contributed by atoms with Crippen molar-refractivity contribution in [2.45, 2.75) is 12.8 Å². The molecular formula is C16H16O5. The van der Waals surface area contributed by atoms with Crippen molar-refractivity contribution < 1.29 is 24.2 Å². The highest BCUT2D eigenvalue weighted by Crippen LogP contribution is 2.34. The minimum Gasteiger partial charge on any atom is -0.496 e. The molecule has 5 heteroatoms. The Bertz CT molecular complexity index is 677. The lowest BCUT2D eigenvalue weighted by Gasteiger charge is -2.18. The smallest absolute Gasteiger partial charge is 0.314 e. The van der Waals surface area contributed by atoms with E-state index in [0.29, 0.717) is 11.3 Å². The Hall–Kier alpha value is -2.56. The van der Waals surface area contributed by atoms with E-state index in [0.717, 1.165) is 10.8 Å². The first-order valence-corrected chi connectivity index (χ1v) is 6.46. The molecule has 0 amide bonds. The molecule has 1 N–H and O–H groups in total. The van der Waals surface area contributed by atoms with E-state index in [2.05, 4.69) is 0 Å². The molecule has 2 aromatic rings. The Morgan fingerprint density at radius 2 is 1.90 bits per heavy atom. The standard InChI is InChI=1S/C16H16O5/c1-10(17)21-9-13(16(18)19)15-12-6-4-3-5-11(12)7-8-14(15)20-2/h3-8,13H,9H2,1-2H3,(H,18,19). The van der Waals surface area contributed by atoms with Gasteiger partial charge in [0.25, 0.3) is 0 Å². The van der Waals surface area contributed by atoms with Crippen LogP contribution < -0.4 is 4.74 Å². The summed E-state index contributed by atoms with van der Waals surface area (Å²) < 4.78 is 10.2. The molecule has 0 spiro atoms. The third-order valence-corrected chi connectivity index (χ3v) is 3.25. The van der Waals surface area contributed by atoms with Gasteiger partial charge in [-0.05, 0) is 16.8 Å². The molecule has 1 unspecified atom stereocenters. The highest BCUT2D eigenvalue weighted by molar-refractivity contribution is 5.93. The molecule has 0 aliphatic rings. The lowest BCUT2D eigenvalue weighted by atomic mass is 9.93. The maximum atomic E-state index is 11.6. The number of aliphatic carboxylic acids is 1. The molecule has 5 nitrogen and oxygen atoms in total. The molecule has 1 atom stereocenters. The number of carboxylic acid groups (broad SMARTS) is 1. The summed E-state index contributed by atoms with van der Waals surface area (Å²) in [7, 11) is 1.48. The number of hydrogen-bond acceptors (Lipinski definition) is 4. The fraction of sp³-hybridized carbons (Fsp3) is 0.250. The van der Waals surface area contributed by atoms with Gasteiger partial charge in [0.15, 0.2) is 0 Å². The molecule has 0 heterocycles. The monoisotopic (exact) mass is 288 g/mol. The van der Waals surface area contributed by atoms with Gasteiger partial charge in [0, 0.05) is 12.5 Å². The summed E-state index contributed by atoms with van der Waals surface area (Å²) in [5, 5.41) is 11.2. The average molecular weight is 288 g/mol. The second-order valence-electron chi connectivity index (χ2n) is 4.60. The molecular weight excluding hydrogens is 272 g/mol. The fourth-order valence-electron chi connectivity index (χ4n) is 2.29. The minimum atomic E-state index is -1.06. The van der Waals surface area contributed by atoms with E-state index in [4.69, 9.17) is 9.47 Å². The molecule has 2 aromatic carbocycles. The third-order valence-electron chi connectivity index (χ3n) is 3.25. The number of methoxy groups -OCH3 is 1. The van der Waals surface area contributed by atoms with Gasteiger partial charge < -0.3 is 14.6 Å². The van der Waals surface area contributed by atoms with Crippen LogP contribution in [0.4, 0.5) is 0 Å². The molecule has 0 radical (unpaired) electrons. The van der Waals surface area contributed by atoms with Crippen molar-refractivity contribution in [3.05, 3.63) is 42.0 Å². The van der Waals surface area contributed by atoms with Crippen LogP contribution >= 0.6 is 0 Å². The van der Waals surface area contributed by atoms with Crippen molar-refractivity contribution in [3.8, 4) is 5.75 Å². The highest BCUT2D eigenvalue weighted by Gasteiger charge is 2.27. The van der Waals surface area contributed by atoms with Gasteiger partial charge in [-0.3, -0.25) is 9.59 Å². The van der Waals surface area contributed by atoms with E-state index in [1.807, 2.05) is 30.3 Å². The number of carboxylic acids is 1. The molecule has 0 saturated heterocycles. The number of carbonyl (C=O) groups is 2. The summed E-state index contributed by atoms with van der Waals surface area (Å²) in [5.41, 5.74) is 0.518. The third kappa shape index (κ3) is 3.13. The van der Waals surface area contributed by atoms with Gasteiger partial charge in [-0.1, -0.05) is 30.3 Å². The zero-order chi connectivity index (χ0) is 15.4. The summed E-state index contributed by atoms with van der Waals surface area (Å²) in [5.74, 6) is -2.09. The van der Waals surface area contributed by atoms with Gasteiger partial charge in [0.05, 0.1) is 7.11 Å². The summed E-state index contributed by atoms with van der Waals surface area (Å²) >= 11 is 0. The number of hydrogen-bond donors (Lipinski definition) is 1. The first kappa shape index (κ1) is 14.8. The van der Waals surface area contributed by atoms with Crippen LogP contribution in [0.5, 0.6) is 5.75 Å². The van der Waals surface area contributed by atoms with Crippen LogP contribution in [0.25, 0.3) is 10.8 Å². The van der Waals surface area contributed by atoms with E-state index in [1.165, 1.54) is 14.0 Å². The van der Waals surface area contributed by atoms with Crippen LogP contribution in [0.3, 0.4) is 0 Å². The van der Waals surface area contributed by atoms with E-state index in [9.17, 15) is 14.7 Å². The van der Waals surface area contributed by atoms with E-state index >= 15 is 0 Å². The topological polar surface area (TPSA) is 72.8 Å². The normalized spacial score (nSPS) is 11.9. The maximum absolute atomic E-state index is 11.6. The molecule has 0 bridgehead atoms. The molecule has 0 aliphatic heterocycles. The highest BCUT2D eigenvalue weighted by atomic mass is 16.5.